The van der Waals surface area contributed by atoms with Gasteiger partial charge in [-0.1, -0.05) is 6.92 Å². The van der Waals surface area contributed by atoms with Gasteiger partial charge in [0.1, 0.15) is 5.60 Å². The molecule has 80 valence electrons. The van der Waals surface area contributed by atoms with Crippen molar-refractivity contribution in [3.63, 3.8) is 0 Å². The Bertz CT molecular complexity index is 222. The van der Waals surface area contributed by atoms with E-state index in [-0.39, 0.29) is 11.7 Å². The second-order valence-corrected chi connectivity index (χ2v) is 4.27. The van der Waals surface area contributed by atoms with Crippen LogP contribution in [0.1, 0.15) is 26.2 Å². The highest BCUT2D eigenvalue weighted by atomic mass is 16.6. The zero-order valence-corrected chi connectivity index (χ0v) is 8.71. The maximum atomic E-state index is 11.0. The summed E-state index contributed by atoms with van der Waals surface area (Å²) in [6.45, 7) is 6.18. The number of nitrogens with one attached hydrogen (secondary N) is 1. The van der Waals surface area contributed by atoms with Crippen molar-refractivity contribution in [3.8, 4) is 0 Å². The van der Waals surface area contributed by atoms with Crippen LogP contribution in [0.5, 0.6) is 0 Å². The van der Waals surface area contributed by atoms with Gasteiger partial charge in [0.05, 0.1) is 6.54 Å². The Hall–Kier alpha value is -0.770. The minimum atomic E-state index is -0.242. The van der Waals surface area contributed by atoms with Crippen molar-refractivity contribution in [2.24, 2.45) is 0 Å². The molecular weight excluding hydrogens is 180 g/mol. The third-order valence-electron chi connectivity index (χ3n) is 3.17. The Balaban J connectivity index is 1.86. The number of alkyl carbamates (subject to hydrolysis) is 1. The first-order valence-corrected chi connectivity index (χ1v) is 5.43. The lowest BCUT2D eigenvalue weighted by Crippen LogP contribution is -2.46. The van der Waals surface area contributed by atoms with Crippen LogP contribution >= 0.6 is 0 Å². The van der Waals surface area contributed by atoms with Gasteiger partial charge in [-0.25, -0.2) is 4.79 Å². The SMILES string of the molecule is CCCN1CCC2(CC1)CNC(=O)O2. The predicted molar refractivity (Wildman–Crippen MR) is 53.2 cm³/mol. The van der Waals surface area contributed by atoms with Gasteiger partial charge < -0.3 is 15.0 Å². The summed E-state index contributed by atoms with van der Waals surface area (Å²) in [7, 11) is 0. The lowest BCUT2D eigenvalue weighted by Gasteiger charge is -2.36. The molecule has 2 aliphatic heterocycles. The summed E-state index contributed by atoms with van der Waals surface area (Å²) >= 11 is 0. The van der Waals surface area contributed by atoms with E-state index in [0.29, 0.717) is 6.54 Å². The fourth-order valence-electron chi connectivity index (χ4n) is 2.28. The first kappa shape index (κ1) is 9.77. The highest BCUT2D eigenvalue weighted by molar-refractivity contribution is 5.70. The Kier molecular flexibility index (Phi) is 2.63. The predicted octanol–water partition coefficient (Wildman–Crippen LogP) is 0.971. The van der Waals surface area contributed by atoms with Gasteiger partial charge in [-0.3, -0.25) is 0 Å². The van der Waals surface area contributed by atoms with E-state index in [2.05, 4.69) is 17.1 Å². The maximum absolute atomic E-state index is 11.0. The van der Waals surface area contributed by atoms with Gasteiger partial charge in [0, 0.05) is 25.9 Å². The Morgan fingerprint density at radius 3 is 2.71 bits per heavy atom. The largest absolute Gasteiger partial charge is 0.441 e. The molecule has 1 amide bonds. The average molecular weight is 198 g/mol. The average Bonchev–Trinajstić information content (AvgIpc) is 2.53. The molecule has 0 aliphatic carbocycles. The van der Waals surface area contributed by atoms with Crippen LogP contribution in [0.3, 0.4) is 0 Å². The fourth-order valence-corrected chi connectivity index (χ4v) is 2.28. The van der Waals surface area contributed by atoms with Gasteiger partial charge in [0.15, 0.2) is 0 Å². The highest BCUT2D eigenvalue weighted by Gasteiger charge is 2.42. The van der Waals surface area contributed by atoms with Gasteiger partial charge in [-0.2, -0.15) is 0 Å². The maximum Gasteiger partial charge on any atom is 0.407 e. The van der Waals surface area contributed by atoms with E-state index in [9.17, 15) is 4.79 Å². The van der Waals surface area contributed by atoms with Crippen LogP contribution in [0.25, 0.3) is 0 Å². The van der Waals surface area contributed by atoms with E-state index in [1.165, 1.54) is 6.42 Å². The molecule has 2 rings (SSSR count). The van der Waals surface area contributed by atoms with E-state index >= 15 is 0 Å². The molecule has 1 spiro atoms. The molecule has 0 aromatic carbocycles. The summed E-state index contributed by atoms with van der Waals surface area (Å²) in [6.07, 6.45) is 2.91. The van der Waals surface area contributed by atoms with Crippen molar-refractivity contribution in [1.82, 2.24) is 10.2 Å². The van der Waals surface area contributed by atoms with Gasteiger partial charge in [0.25, 0.3) is 0 Å². The lowest BCUT2D eigenvalue weighted by atomic mass is 9.91. The molecule has 4 nitrogen and oxygen atoms in total. The quantitative estimate of drug-likeness (QED) is 0.719. The molecule has 0 aromatic rings. The number of hydrogen-bond acceptors (Lipinski definition) is 3. The van der Waals surface area contributed by atoms with Gasteiger partial charge in [-0.15, -0.1) is 0 Å². The summed E-state index contributed by atoms with van der Waals surface area (Å²) in [4.78, 5) is 13.4. The van der Waals surface area contributed by atoms with E-state index < -0.39 is 0 Å². The number of ether oxygens (including phenoxy) is 1. The zero-order chi connectivity index (χ0) is 10.0. The number of rotatable bonds is 2. The summed E-state index contributed by atoms with van der Waals surface area (Å²) in [5.74, 6) is 0. The third-order valence-corrected chi connectivity index (χ3v) is 3.17. The van der Waals surface area contributed by atoms with Crippen LogP contribution in [-0.2, 0) is 4.74 Å². The molecule has 0 bridgehead atoms. The zero-order valence-electron chi connectivity index (χ0n) is 8.71. The van der Waals surface area contributed by atoms with Crippen molar-refractivity contribution < 1.29 is 9.53 Å². The van der Waals surface area contributed by atoms with E-state index in [4.69, 9.17) is 4.74 Å². The molecule has 0 aromatic heterocycles. The summed E-state index contributed by atoms with van der Waals surface area (Å²) < 4.78 is 5.34. The van der Waals surface area contributed by atoms with Gasteiger partial charge in [0.2, 0.25) is 0 Å². The molecule has 14 heavy (non-hydrogen) atoms. The molecular formula is C10H18N2O2. The number of piperidine rings is 1. The number of nitrogens with zero attached hydrogens (tertiary/aromatic N) is 1. The standard InChI is InChI=1S/C10H18N2O2/c1-2-5-12-6-3-10(4-7-12)8-11-9(13)14-10/h2-8H2,1H3,(H,11,13). The molecule has 0 saturated carbocycles. The van der Waals surface area contributed by atoms with Crippen LogP contribution in [-0.4, -0.2) is 42.8 Å². The van der Waals surface area contributed by atoms with Crippen LogP contribution < -0.4 is 5.32 Å². The minimum absolute atomic E-state index is 0.179. The molecule has 2 fully saturated rings. The van der Waals surface area contributed by atoms with Crippen LogP contribution in [0, 0.1) is 0 Å². The monoisotopic (exact) mass is 198 g/mol. The Morgan fingerprint density at radius 1 is 1.50 bits per heavy atom. The third kappa shape index (κ3) is 1.85. The number of carbonyl (C=O) groups is 1. The van der Waals surface area contributed by atoms with Crippen molar-refractivity contribution in [2.75, 3.05) is 26.2 Å². The molecule has 0 radical (unpaired) electrons. The highest BCUT2D eigenvalue weighted by Crippen LogP contribution is 2.28. The first-order valence-electron chi connectivity index (χ1n) is 5.43. The van der Waals surface area contributed by atoms with Crippen LogP contribution in [0.2, 0.25) is 0 Å². The van der Waals surface area contributed by atoms with Crippen molar-refractivity contribution in [2.45, 2.75) is 31.8 Å². The second-order valence-electron chi connectivity index (χ2n) is 4.27. The van der Waals surface area contributed by atoms with Gasteiger partial charge in [-0.05, 0) is 13.0 Å². The molecule has 1 N–H and O–H groups in total. The van der Waals surface area contributed by atoms with Crippen LogP contribution in [0.15, 0.2) is 0 Å². The normalized spacial score (nSPS) is 26.2. The van der Waals surface area contributed by atoms with Crippen molar-refractivity contribution in [1.29, 1.82) is 0 Å². The fraction of sp³-hybridized carbons (Fsp3) is 0.900. The lowest BCUT2D eigenvalue weighted by molar-refractivity contribution is 0.00100. The first-order chi connectivity index (χ1) is 6.74. The topological polar surface area (TPSA) is 41.6 Å². The molecule has 2 aliphatic rings. The van der Waals surface area contributed by atoms with Gasteiger partial charge >= 0.3 is 6.09 Å². The summed E-state index contributed by atoms with van der Waals surface area (Å²) in [6, 6.07) is 0. The smallest absolute Gasteiger partial charge is 0.407 e. The summed E-state index contributed by atoms with van der Waals surface area (Å²) in [5.41, 5.74) is -0.179. The molecule has 4 heteroatoms. The van der Waals surface area contributed by atoms with Crippen molar-refractivity contribution >= 4 is 6.09 Å². The summed E-state index contributed by atoms with van der Waals surface area (Å²) in [5, 5.41) is 2.75. The van der Waals surface area contributed by atoms with E-state index in [1.54, 1.807) is 0 Å². The molecule has 2 saturated heterocycles. The Labute approximate surface area is 84.6 Å². The molecule has 0 unspecified atom stereocenters. The molecule has 0 atom stereocenters. The Morgan fingerprint density at radius 2 is 2.21 bits per heavy atom. The number of amides is 1. The van der Waals surface area contributed by atoms with Crippen LogP contribution in [0.4, 0.5) is 4.79 Å². The second kappa shape index (κ2) is 3.77. The molecule has 2 heterocycles. The number of carbonyl (C=O) groups excluding carboxylic acids is 1. The van der Waals surface area contributed by atoms with E-state index in [0.717, 1.165) is 32.5 Å². The minimum Gasteiger partial charge on any atom is -0.441 e. The van der Waals surface area contributed by atoms with Crippen molar-refractivity contribution in [3.05, 3.63) is 0 Å². The number of likely N-dealkylation sites (tertiary alicyclic amines) is 1. The van der Waals surface area contributed by atoms with E-state index in [1.807, 2.05) is 0 Å². The number of hydrogen-bond donors (Lipinski definition) is 1.